The number of methoxy groups -OCH3 is 1. The molecule has 0 aromatic heterocycles. The predicted octanol–water partition coefficient (Wildman–Crippen LogP) is 2.16. The Morgan fingerprint density at radius 1 is 0.709 bits per heavy atom. The number of carbonyl (C=O) groups is 3. The van der Waals surface area contributed by atoms with Gasteiger partial charge in [0.05, 0.1) is 56.6 Å². The summed E-state index contributed by atoms with van der Waals surface area (Å²) >= 11 is 0. The van der Waals surface area contributed by atoms with Crippen LogP contribution < -0.4 is 0 Å². The molecule has 0 aromatic carbocycles. The molecule has 5 aliphatic carbocycles. The first-order valence-corrected chi connectivity index (χ1v) is 30.9. The minimum Gasteiger partial charge on any atom is -0.467 e. The van der Waals surface area contributed by atoms with Crippen molar-refractivity contribution in [3.05, 3.63) is 34.9 Å². The van der Waals surface area contributed by atoms with Gasteiger partial charge in [-0.25, -0.2) is 9.59 Å². The van der Waals surface area contributed by atoms with Gasteiger partial charge in [0.25, 0.3) is 0 Å². The number of aliphatic hydroxyl groups excluding tert-OH is 11. The van der Waals surface area contributed by atoms with E-state index < -0.39 is 199 Å². The third-order valence-electron chi connectivity index (χ3n) is 22.5. The van der Waals surface area contributed by atoms with E-state index in [1.165, 1.54) is 6.08 Å². The summed E-state index contributed by atoms with van der Waals surface area (Å²) < 4.78 is 54.8. The van der Waals surface area contributed by atoms with Crippen LogP contribution in [0.25, 0.3) is 0 Å². The van der Waals surface area contributed by atoms with Crippen LogP contribution in [0.4, 0.5) is 0 Å². The van der Waals surface area contributed by atoms with Crippen molar-refractivity contribution in [2.24, 2.45) is 56.2 Å². The smallest absolute Gasteiger partial charge is 0.337 e. The van der Waals surface area contributed by atoms with Gasteiger partial charge in [-0.05, 0) is 113 Å². The Kier molecular flexibility index (Phi) is 20.7. The average Bonchev–Trinajstić information content (AvgIpc) is 0.712. The van der Waals surface area contributed by atoms with E-state index in [4.69, 9.17) is 42.6 Å². The molecule has 7 fully saturated rings. The van der Waals surface area contributed by atoms with Crippen molar-refractivity contribution >= 4 is 17.9 Å². The van der Waals surface area contributed by atoms with Crippen LogP contribution in [0.3, 0.4) is 0 Å². The van der Waals surface area contributed by atoms with Gasteiger partial charge in [-0.3, -0.25) is 4.79 Å². The summed E-state index contributed by atoms with van der Waals surface area (Å²) in [4.78, 5) is 41.7. The zero-order valence-electron chi connectivity index (χ0n) is 52.3. The van der Waals surface area contributed by atoms with Crippen LogP contribution in [0.1, 0.15) is 141 Å². The fourth-order valence-corrected chi connectivity index (χ4v) is 17.1. The van der Waals surface area contributed by atoms with Crippen molar-refractivity contribution in [1.29, 1.82) is 0 Å². The Hall–Kier alpha value is -3.05. The van der Waals surface area contributed by atoms with Gasteiger partial charge < -0.3 is 98.8 Å². The van der Waals surface area contributed by atoms with Gasteiger partial charge >= 0.3 is 17.9 Å². The van der Waals surface area contributed by atoms with E-state index in [1.54, 1.807) is 6.92 Å². The van der Waals surface area contributed by atoms with Crippen molar-refractivity contribution in [2.45, 2.75) is 257 Å². The van der Waals surface area contributed by atoms with Gasteiger partial charge in [0.1, 0.15) is 67.1 Å². The summed E-state index contributed by atoms with van der Waals surface area (Å²) in [5, 5.41) is 125. The highest BCUT2D eigenvalue weighted by atomic mass is 16.8. The maximum absolute atomic E-state index is 14.1. The maximum Gasteiger partial charge on any atom is 0.337 e. The van der Waals surface area contributed by atoms with Crippen LogP contribution in [-0.4, -0.2) is 218 Å². The Labute approximate surface area is 504 Å². The zero-order valence-corrected chi connectivity index (χ0v) is 52.3. The average molecular weight is 1230 g/mol. The number of rotatable bonds is 18. The monoisotopic (exact) mass is 1220 g/mol. The van der Waals surface area contributed by atoms with Gasteiger partial charge in [0.15, 0.2) is 31.1 Å². The number of hydrogen-bond donors (Lipinski definition) is 11. The summed E-state index contributed by atoms with van der Waals surface area (Å²) in [6, 6.07) is 0. The third-order valence-corrected chi connectivity index (χ3v) is 22.5. The molecule has 0 bridgehead atoms. The Bertz CT molecular complexity index is 2510. The van der Waals surface area contributed by atoms with Crippen molar-refractivity contribution < 1.29 is 113 Å². The lowest BCUT2D eigenvalue weighted by Crippen LogP contribution is -2.76. The molecule has 11 N–H and O–H groups in total. The summed E-state index contributed by atoms with van der Waals surface area (Å²) in [5.74, 6) is -3.75. The molecule has 3 aliphatic heterocycles. The SMILES string of the molecule is CCC(C)C(=O)OC1C(OC(=O)C=C(C)CCC=C(C)C)C(C)(C)CC2C3=CCC4C5(C)CCC(OC6OC(C(=O)OC)C(OC7OC(CO)C(O)C7O)C(O)C6OC6OC(CO)C(O)C(O)C6O)C(C)(C)C5CCC4(C)C3(C)C(O)C(O)C21CO. The van der Waals surface area contributed by atoms with Crippen LogP contribution in [0.2, 0.25) is 0 Å². The summed E-state index contributed by atoms with van der Waals surface area (Å²) in [7, 11) is 1.07. The molecule has 0 amide bonds. The second-order valence-corrected chi connectivity index (χ2v) is 28.4. The van der Waals surface area contributed by atoms with Crippen molar-refractivity contribution in [2.75, 3.05) is 26.9 Å². The van der Waals surface area contributed by atoms with Crippen molar-refractivity contribution in [3.8, 4) is 0 Å². The van der Waals surface area contributed by atoms with Gasteiger partial charge in [-0.2, -0.15) is 0 Å². The van der Waals surface area contributed by atoms with E-state index in [2.05, 4.69) is 39.8 Å². The Balaban J connectivity index is 1.12. The molecule has 27 atom stereocenters. The highest BCUT2D eigenvalue weighted by Crippen LogP contribution is 2.76. The second kappa shape index (κ2) is 25.9. The van der Waals surface area contributed by atoms with Crippen LogP contribution in [0.5, 0.6) is 0 Å². The number of fused-ring (bicyclic) bond motifs is 7. The summed E-state index contributed by atoms with van der Waals surface area (Å²) in [6.07, 6.45) is -20.5. The summed E-state index contributed by atoms with van der Waals surface area (Å²) in [5.41, 5.74) is -2.86. The first-order valence-electron chi connectivity index (χ1n) is 30.9. The third kappa shape index (κ3) is 11.6. The molecule has 23 nitrogen and oxygen atoms in total. The van der Waals surface area contributed by atoms with E-state index in [9.17, 15) is 70.6 Å². The second-order valence-electron chi connectivity index (χ2n) is 28.4. The van der Waals surface area contributed by atoms with Gasteiger partial charge in [-0.15, -0.1) is 0 Å². The lowest BCUT2D eigenvalue weighted by molar-refractivity contribution is -0.383. The molecule has 0 radical (unpaired) electrons. The number of esters is 3. The van der Waals surface area contributed by atoms with Gasteiger partial charge in [0.2, 0.25) is 0 Å². The highest BCUT2D eigenvalue weighted by Gasteiger charge is 2.76. The van der Waals surface area contributed by atoms with E-state index >= 15 is 0 Å². The molecule has 8 rings (SSSR count). The molecule has 490 valence electrons. The Morgan fingerprint density at radius 3 is 1.90 bits per heavy atom. The lowest BCUT2D eigenvalue weighted by Gasteiger charge is -2.73. The largest absolute Gasteiger partial charge is 0.467 e. The number of allylic oxidation sites excluding steroid dienone is 4. The van der Waals surface area contributed by atoms with E-state index in [-0.39, 0.29) is 11.8 Å². The fraction of sp³-hybridized carbons (Fsp3) is 0.857. The quantitative estimate of drug-likeness (QED) is 0.0308. The lowest BCUT2D eigenvalue weighted by atomic mass is 9.32. The molecule has 0 spiro atoms. The van der Waals surface area contributed by atoms with Gasteiger partial charge in [0, 0.05) is 16.9 Å². The molecule has 0 aromatic rings. The molecule has 8 aliphatic rings. The van der Waals surface area contributed by atoms with Crippen molar-refractivity contribution in [1.82, 2.24) is 0 Å². The molecule has 23 heteroatoms. The fourth-order valence-electron chi connectivity index (χ4n) is 17.1. The van der Waals surface area contributed by atoms with E-state index in [0.717, 1.165) is 30.2 Å². The predicted molar refractivity (Wildman–Crippen MR) is 304 cm³/mol. The standard InChI is InChI=1S/C63H100O23/c1-14-31(5)53(76)86-52-51(82-39(67)24-30(4)17-15-16-29(2)3)58(6,7)25-33-32-18-19-37-60(10)22-21-38(59(8,9)36(60)20-23-61(37,11)62(32,12)49(74)50(75)63(33,52)28-66)81-57-47(84-56-44(72)42(70)40(68)34(26-64)79-56)45(73)46(48(85-57)54(77)78-13)83-55-43(71)41(69)35(27-65)80-55/h16,18,24,31,33-38,40-52,55-57,64-66,68-75H,14-15,17,19-23,25-28H2,1-13H3. The molecule has 3 heterocycles. The molecular formula is C63H100O23. The topological polar surface area (TPSA) is 357 Å². The van der Waals surface area contributed by atoms with Crippen LogP contribution in [0.15, 0.2) is 34.9 Å². The number of carbonyl (C=O) groups excluding carboxylic acids is 3. The summed E-state index contributed by atoms with van der Waals surface area (Å²) in [6.45, 7) is 21.6. The first-order chi connectivity index (χ1) is 40.2. The number of ether oxygens (including phenoxy) is 9. The molecular weight excluding hydrogens is 1120 g/mol. The highest BCUT2D eigenvalue weighted by molar-refractivity contribution is 5.83. The minimum absolute atomic E-state index is 0.122. The van der Waals surface area contributed by atoms with Crippen LogP contribution in [0, 0.1) is 56.2 Å². The zero-order chi connectivity index (χ0) is 63.7. The van der Waals surface area contributed by atoms with Crippen LogP contribution >= 0.6 is 0 Å². The number of hydrogen-bond acceptors (Lipinski definition) is 23. The van der Waals surface area contributed by atoms with E-state index in [0.29, 0.717) is 51.4 Å². The van der Waals surface area contributed by atoms with Gasteiger partial charge in [-0.1, -0.05) is 91.2 Å². The minimum atomic E-state index is -1.99. The first kappa shape index (κ1) is 68.9. The maximum atomic E-state index is 14.1. The van der Waals surface area contributed by atoms with E-state index in [1.807, 2.05) is 48.5 Å². The van der Waals surface area contributed by atoms with Crippen LogP contribution in [-0.2, 0) is 57.0 Å². The molecule has 27 unspecified atom stereocenters. The molecule has 4 saturated carbocycles. The normalized spacial score (nSPS) is 46.5. The van der Waals surface area contributed by atoms with Crippen molar-refractivity contribution in [3.63, 3.8) is 0 Å². The Morgan fingerprint density at radius 2 is 1.31 bits per heavy atom. The molecule has 3 saturated heterocycles. The molecule has 86 heavy (non-hydrogen) atoms. The number of aliphatic hydroxyl groups is 11.